The van der Waals surface area contributed by atoms with Gasteiger partial charge in [-0.3, -0.25) is 0 Å². The van der Waals surface area contributed by atoms with E-state index in [1.165, 1.54) is 22.3 Å². The first-order valence-electron chi connectivity index (χ1n) is 7.13. The zero-order chi connectivity index (χ0) is 14.1. The standard InChI is InChI=1S/C14H15.C4H10N.2ClH.Ti/c1-3-12-6-4-5-7-14(12)13-9-8-11(2)10-13;1-2-3-4-5;;;/h3-8,10H,9H2,1-2H3;5H,2-4H2,1H3;2*1H;/q2*-1;;;+2. The van der Waals surface area contributed by atoms with Crippen molar-refractivity contribution >= 4 is 30.4 Å². The molecule has 22 heavy (non-hydrogen) atoms. The molecule has 0 spiro atoms. The van der Waals surface area contributed by atoms with Gasteiger partial charge in [0, 0.05) is 0 Å². The predicted molar refractivity (Wildman–Crippen MR) is 100 cm³/mol. The second-order valence-corrected chi connectivity index (χ2v) is 4.80. The van der Waals surface area contributed by atoms with Crippen LogP contribution in [0.2, 0.25) is 0 Å². The Morgan fingerprint density at radius 1 is 1.18 bits per heavy atom. The average molecular weight is 376 g/mol. The molecule has 0 aromatic heterocycles. The van der Waals surface area contributed by atoms with E-state index >= 15 is 0 Å². The normalized spacial score (nSPS) is 11.5. The van der Waals surface area contributed by atoms with Gasteiger partial charge in [0.15, 0.2) is 0 Å². The smallest absolute Gasteiger partial charge is 0.677 e. The van der Waals surface area contributed by atoms with Crippen LogP contribution in [0.25, 0.3) is 11.3 Å². The van der Waals surface area contributed by atoms with Gasteiger partial charge in [0.25, 0.3) is 0 Å². The van der Waals surface area contributed by atoms with Crippen molar-refractivity contribution in [3.63, 3.8) is 0 Å². The van der Waals surface area contributed by atoms with Crippen molar-refractivity contribution in [2.45, 2.75) is 40.0 Å². The number of hydrogen-bond acceptors (Lipinski definition) is 0. The maximum Gasteiger partial charge on any atom is 2.00 e. The van der Waals surface area contributed by atoms with E-state index in [9.17, 15) is 0 Å². The van der Waals surface area contributed by atoms with Crippen molar-refractivity contribution in [1.29, 1.82) is 0 Å². The predicted octanol–water partition coefficient (Wildman–Crippen LogP) is 6.67. The Hall–Kier alpha value is -0.176. The number of unbranched alkanes of at least 4 members (excludes halogenated alkanes) is 1. The van der Waals surface area contributed by atoms with Gasteiger partial charge in [-0.2, -0.15) is 24.6 Å². The van der Waals surface area contributed by atoms with Gasteiger partial charge in [0.1, 0.15) is 0 Å². The summed E-state index contributed by atoms with van der Waals surface area (Å²) in [5, 5.41) is 0. The quantitative estimate of drug-likeness (QED) is 0.414. The fourth-order valence-electron chi connectivity index (χ4n) is 2.07. The minimum absolute atomic E-state index is 0. The molecule has 0 unspecified atom stereocenters. The van der Waals surface area contributed by atoms with Crippen LogP contribution >= 0.6 is 24.8 Å². The number of nitrogens with one attached hydrogen (secondary N) is 1. The second kappa shape index (κ2) is 15.7. The molecule has 0 radical (unpaired) electrons. The summed E-state index contributed by atoms with van der Waals surface area (Å²) >= 11 is 0. The molecule has 1 aromatic carbocycles. The number of allylic oxidation sites excluding steroid dienone is 4. The average Bonchev–Trinajstić information content (AvgIpc) is 2.87. The first-order valence-corrected chi connectivity index (χ1v) is 7.13. The third kappa shape index (κ3) is 9.07. The number of rotatable bonds is 4. The topological polar surface area (TPSA) is 23.8 Å². The van der Waals surface area contributed by atoms with Gasteiger partial charge in [0.05, 0.1) is 0 Å². The molecule has 0 amide bonds. The van der Waals surface area contributed by atoms with Crippen LogP contribution in [-0.4, -0.2) is 6.54 Å². The van der Waals surface area contributed by atoms with E-state index in [2.05, 4.69) is 63.6 Å². The Kier molecular flexibility index (Phi) is 19.1. The number of halogens is 2. The molecule has 0 saturated heterocycles. The Morgan fingerprint density at radius 3 is 2.23 bits per heavy atom. The summed E-state index contributed by atoms with van der Waals surface area (Å²) in [6.07, 6.45) is 10.0. The van der Waals surface area contributed by atoms with Crippen molar-refractivity contribution < 1.29 is 21.7 Å². The Balaban J connectivity index is -0.000000401. The second-order valence-electron chi connectivity index (χ2n) is 4.80. The van der Waals surface area contributed by atoms with Gasteiger partial charge in [-0.1, -0.05) is 56.1 Å². The maximum atomic E-state index is 6.60. The van der Waals surface area contributed by atoms with Crippen molar-refractivity contribution in [3.05, 3.63) is 65.3 Å². The van der Waals surface area contributed by atoms with Crippen LogP contribution in [0, 0.1) is 6.42 Å². The summed E-state index contributed by atoms with van der Waals surface area (Å²) in [7, 11) is 0. The third-order valence-corrected chi connectivity index (χ3v) is 3.19. The summed E-state index contributed by atoms with van der Waals surface area (Å²) in [5.41, 5.74) is 12.1. The van der Waals surface area contributed by atoms with Gasteiger partial charge >= 0.3 is 21.7 Å². The Labute approximate surface area is 163 Å². The molecule has 0 fully saturated rings. The van der Waals surface area contributed by atoms with Crippen molar-refractivity contribution in [3.8, 4) is 0 Å². The van der Waals surface area contributed by atoms with E-state index in [1.807, 2.05) is 0 Å². The van der Waals surface area contributed by atoms with E-state index in [0.717, 1.165) is 19.3 Å². The molecule has 2 rings (SSSR count). The van der Waals surface area contributed by atoms with E-state index in [0.29, 0.717) is 6.54 Å². The van der Waals surface area contributed by atoms with E-state index in [1.54, 1.807) is 0 Å². The van der Waals surface area contributed by atoms with E-state index < -0.39 is 0 Å². The van der Waals surface area contributed by atoms with Crippen molar-refractivity contribution in [2.24, 2.45) is 0 Å². The molecule has 0 aliphatic heterocycles. The van der Waals surface area contributed by atoms with Gasteiger partial charge in [-0.15, -0.1) is 42.5 Å². The van der Waals surface area contributed by atoms with Gasteiger partial charge in [0.2, 0.25) is 0 Å². The number of benzene rings is 1. The SMILES string of the molecule is CCCC[NH-].C[CH-]c1ccccc1C1=CC(C)=CC1.Cl.Cl.[Ti+2]. The van der Waals surface area contributed by atoms with Gasteiger partial charge < -0.3 is 5.73 Å². The minimum Gasteiger partial charge on any atom is -0.677 e. The van der Waals surface area contributed by atoms with Gasteiger partial charge in [-0.05, 0) is 13.3 Å². The summed E-state index contributed by atoms with van der Waals surface area (Å²) in [4.78, 5) is 0. The van der Waals surface area contributed by atoms with Gasteiger partial charge in [-0.25, -0.2) is 0 Å². The van der Waals surface area contributed by atoms with Crippen molar-refractivity contribution in [1.82, 2.24) is 0 Å². The molecule has 1 N–H and O–H groups in total. The molecular weight excluding hydrogens is 349 g/mol. The number of hydrogen-bond donors (Lipinski definition) is 0. The zero-order valence-corrected chi connectivity index (χ0v) is 16.9. The van der Waals surface area contributed by atoms with Crippen LogP contribution in [0.4, 0.5) is 0 Å². The molecule has 0 atom stereocenters. The molecular formula is C18H27Cl2NTi. The van der Waals surface area contributed by atoms with Crippen LogP contribution in [0.3, 0.4) is 0 Å². The van der Waals surface area contributed by atoms with Crippen LogP contribution < -0.4 is 0 Å². The van der Waals surface area contributed by atoms with E-state index in [-0.39, 0.29) is 46.5 Å². The van der Waals surface area contributed by atoms with Crippen LogP contribution in [0.5, 0.6) is 0 Å². The molecule has 0 bridgehead atoms. The molecule has 0 saturated carbocycles. The van der Waals surface area contributed by atoms with Crippen LogP contribution in [0.1, 0.15) is 51.2 Å². The molecule has 1 aromatic rings. The molecule has 1 aliphatic carbocycles. The molecule has 122 valence electrons. The fraction of sp³-hybridized carbons (Fsp3) is 0.389. The first kappa shape index (κ1) is 26.7. The summed E-state index contributed by atoms with van der Waals surface area (Å²) in [6, 6.07) is 8.57. The maximum absolute atomic E-state index is 6.60. The largest absolute Gasteiger partial charge is 2.00 e. The minimum atomic E-state index is 0. The first-order chi connectivity index (χ1) is 9.22. The molecule has 0 heterocycles. The molecule has 1 aliphatic rings. The van der Waals surface area contributed by atoms with E-state index in [4.69, 9.17) is 5.73 Å². The molecule has 4 heteroatoms. The third-order valence-electron chi connectivity index (χ3n) is 3.19. The van der Waals surface area contributed by atoms with Crippen molar-refractivity contribution in [2.75, 3.05) is 6.54 Å². The summed E-state index contributed by atoms with van der Waals surface area (Å²) < 4.78 is 0. The Bertz CT molecular complexity index is 454. The van der Waals surface area contributed by atoms with Crippen LogP contribution in [0.15, 0.2) is 42.0 Å². The Morgan fingerprint density at radius 2 is 1.82 bits per heavy atom. The van der Waals surface area contributed by atoms with Crippen LogP contribution in [-0.2, 0) is 21.7 Å². The molecule has 1 nitrogen and oxygen atoms in total. The summed E-state index contributed by atoms with van der Waals surface area (Å²) in [6.45, 7) is 6.94. The monoisotopic (exact) mass is 375 g/mol. The zero-order valence-electron chi connectivity index (χ0n) is 13.7. The fourth-order valence-corrected chi connectivity index (χ4v) is 2.07. The summed E-state index contributed by atoms with van der Waals surface area (Å²) in [5.74, 6) is 0.